The molecule has 0 saturated carbocycles. The summed E-state index contributed by atoms with van der Waals surface area (Å²) in [6, 6.07) is 11.4. The van der Waals surface area contributed by atoms with E-state index in [1.807, 2.05) is 0 Å². The lowest BCUT2D eigenvalue weighted by atomic mass is 10.0. The van der Waals surface area contributed by atoms with Crippen LogP contribution in [0.25, 0.3) is 0 Å². The van der Waals surface area contributed by atoms with Gasteiger partial charge >= 0.3 is 0 Å². The minimum absolute atomic E-state index is 0.530. The van der Waals surface area contributed by atoms with Gasteiger partial charge in [-0.2, -0.15) is 0 Å². The van der Waals surface area contributed by atoms with Gasteiger partial charge in [-0.05, 0) is 52.0 Å². The van der Waals surface area contributed by atoms with E-state index < -0.39 is 0 Å². The standard InChI is InChI=1S/C18H32N2/c1-4-5-7-14-18(17-12-8-6-9-13-17)19-15-10-11-16-20(2)3/h6,8-9,12-13,18-19H,4-5,7,10-11,14-16H2,1-3H3. The highest BCUT2D eigenvalue weighted by molar-refractivity contribution is 5.18. The van der Waals surface area contributed by atoms with Gasteiger partial charge in [-0.25, -0.2) is 0 Å². The van der Waals surface area contributed by atoms with Crippen molar-refractivity contribution in [3.8, 4) is 0 Å². The number of nitrogens with one attached hydrogen (secondary N) is 1. The van der Waals surface area contributed by atoms with E-state index in [4.69, 9.17) is 0 Å². The van der Waals surface area contributed by atoms with Crippen LogP contribution in [0, 0.1) is 0 Å². The number of unbranched alkanes of at least 4 members (excludes halogenated alkanes) is 3. The van der Waals surface area contributed by atoms with Gasteiger partial charge in [0, 0.05) is 6.04 Å². The second-order valence-corrected chi connectivity index (χ2v) is 5.92. The zero-order chi connectivity index (χ0) is 14.6. The Morgan fingerprint density at radius 3 is 2.40 bits per heavy atom. The van der Waals surface area contributed by atoms with Crippen LogP contribution >= 0.6 is 0 Å². The van der Waals surface area contributed by atoms with Gasteiger partial charge in [0.1, 0.15) is 0 Å². The summed E-state index contributed by atoms with van der Waals surface area (Å²) in [7, 11) is 4.29. The van der Waals surface area contributed by atoms with E-state index in [0.29, 0.717) is 6.04 Å². The number of benzene rings is 1. The third-order valence-corrected chi connectivity index (χ3v) is 3.72. The summed E-state index contributed by atoms with van der Waals surface area (Å²) in [4.78, 5) is 2.26. The Morgan fingerprint density at radius 2 is 1.75 bits per heavy atom. The Kier molecular flexibility index (Phi) is 9.35. The lowest BCUT2D eigenvalue weighted by Crippen LogP contribution is -2.23. The summed E-state index contributed by atoms with van der Waals surface area (Å²) >= 11 is 0. The molecular formula is C18H32N2. The van der Waals surface area contributed by atoms with Crippen LogP contribution in [0.3, 0.4) is 0 Å². The Morgan fingerprint density at radius 1 is 1.00 bits per heavy atom. The molecule has 0 fully saturated rings. The molecule has 0 aliphatic rings. The zero-order valence-corrected chi connectivity index (χ0v) is 13.6. The van der Waals surface area contributed by atoms with Gasteiger partial charge in [0.15, 0.2) is 0 Å². The van der Waals surface area contributed by atoms with Crippen molar-refractivity contribution >= 4 is 0 Å². The Balaban J connectivity index is 2.35. The first kappa shape index (κ1) is 17.2. The van der Waals surface area contributed by atoms with Crippen molar-refractivity contribution in [1.82, 2.24) is 10.2 Å². The maximum atomic E-state index is 3.75. The first-order chi connectivity index (χ1) is 9.74. The number of nitrogens with zero attached hydrogens (tertiary/aromatic N) is 1. The largest absolute Gasteiger partial charge is 0.310 e. The fraction of sp³-hybridized carbons (Fsp3) is 0.667. The highest BCUT2D eigenvalue weighted by Gasteiger charge is 2.09. The van der Waals surface area contributed by atoms with Crippen LogP contribution in [0.1, 0.15) is 57.1 Å². The predicted octanol–water partition coefficient (Wildman–Crippen LogP) is 4.24. The van der Waals surface area contributed by atoms with Gasteiger partial charge in [0.05, 0.1) is 0 Å². The van der Waals surface area contributed by atoms with Crippen molar-refractivity contribution in [3.05, 3.63) is 35.9 Å². The zero-order valence-electron chi connectivity index (χ0n) is 13.6. The van der Waals surface area contributed by atoms with E-state index >= 15 is 0 Å². The second-order valence-electron chi connectivity index (χ2n) is 5.92. The lowest BCUT2D eigenvalue weighted by Gasteiger charge is -2.19. The van der Waals surface area contributed by atoms with Crippen molar-refractivity contribution in [2.45, 2.75) is 51.5 Å². The molecule has 114 valence electrons. The molecule has 1 aromatic rings. The summed E-state index contributed by atoms with van der Waals surface area (Å²) < 4.78 is 0. The van der Waals surface area contributed by atoms with Crippen LogP contribution in [0.5, 0.6) is 0 Å². The van der Waals surface area contributed by atoms with Crippen LogP contribution in [0.2, 0.25) is 0 Å². The molecule has 1 rings (SSSR count). The highest BCUT2D eigenvalue weighted by atomic mass is 15.0. The molecule has 0 amide bonds. The van der Waals surface area contributed by atoms with Crippen LogP contribution in [0.15, 0.2) is 30.3 Å². The van der Waals surface area contributed by atoms with Crippen LogP contribution in [0.4, 0.5) is 0 Å². The molecule has 0 radical (unpaired) electrons. The van der Waals surface area contributed by atoms with E-state index in [1.54, 1.807) is 0 Å². The van der Waals surface area contributed by atoms with Crippen LogP contribution < -0.4 is 5.32 Å². The van der Waals surface area contributed by atoms with Gasteiger partial charge in [-0.1, -0.05) is 56.5 Å². The maximum Gasteiger partial charge on any atom is 0.0320 e. The SMILES string of the molecule is CCCCCC(NCCCCN(C)C)c1ccccc1. The predicted molar refractivity (Wildman–Crippen MR) is 89.1 cm³/mol. The molecule has 0 aliphatic carbocycles. The minimum atomic E-state index is 0.530. The molecule has 2 heteroatoms. The Bertz CT molecular complexity index is 321. The third-order valence-electron chi connectivity index (χ3n) is 3.72. The molecule has 0 aliphatic heterocycles. The van der Waals surface area contributed by atoms with E-state index in [2.05, 4.69) is 61.6 Å². The highest BCUT2D eigenvalue weighted by Crippen LogP contribution is 2.19. The quantitative estimate of drug-likeness (QED) is 0.608. The fourth-order valence-corrected chi connectivity index (χ4v) is 2.50. The molecule has 20 heavy (non-hydrogen) atoms. The van der Waals surface area contributed by atoms with Crippen molar-refractivity contribution < 1.29 is 0 Å². The molecule has 1 N–H and O–H groups in total. The summed E-state index contributed by atoms with van der Waals surface area (Å²) in [5.41, 5.74) is 1.44. The van der Waals surface area contributed by atoms with E-state index in [1.165, 1.54) is 50.6 Å². The monoisotopic (exact) mass is 276 g/mol. The summed E-state index contributed by atoms with van der Waals surface area (Å²) in [6.07, 6.45) is 7.74. The van der Waals surface area contributed by atoms with Gasteiger partial charge in [0.25, 0.3) is 0 Å². The average molecular weight is 276 g/mol. The number of hydrogen-bond donors (Lipinski definition) is 1. The van der Waals surface area contributed by atoms with Crippen molar-refractivity contribution in [1.29, 1.82) is 0 Å². The average Bonchev–Trinajstić information content (AvgIpc) is 2.46. The second kappa shape index (κ2) is 10.9. The minimum Gasteiger partial charge on any atom is -0.310 e. The Labute approximate surface area is 125 Å². The third kappa shape index (κ3) is 7.66. The van der Waals surface area contributed by atoms with Crippen molar-refractivity contribution in [2.75, 3.05) is 27.2 Å². The first-order valence-electron chi connectivity index (χ1n) is 8.17. The molecule has 0 heterocycles. The van der Waals surface area contributed by atoms with E-state index in [0.717, 1.165) is 6.54 Å². The summed E-state index contributed by atoms with van der Waals surface area (Å²) in [6.45, 7) is 4.58. The van der Waals surface area contributed by atoms with Gasteiger partial charge in [-0.15, -0.1) is 0 Å². The van der Waals surface area contributed by atoms with Crippen LogP contribution in [-0.4, -0.2) is 32.1 Å². The summed E-state index contributed by atoms with van der Waals surface area (Å²) in [5, 5.41) is 3.75. The number of hydrogen-bond acceptors (Lipinski definition) is 2. The topological polar surface area (TPSA) is 15.3 Å². The molecule has 0 aromatic heterocycles. The van der Waals surface area contributed by atoms with Gasteiger partial charge in [0.2, 0.25) is 0 Å². The lowest BCUT2D eigenvalue weighted by molar-refractivity contribution is 0.385. The molecule has 0 bridgehead atoms. The summed E-state index contributed by atoms with van der Waals surface area (Å²) in [5.74, 6) is 0. The van der Waals surface area contributed by atoms with Crippen LogP contribution in [-0.2, 0) is 0 Å². The molecule has 1 unspecified atom stereocenters. The van der Waals surface area contributed by atoms with Gasteiger partial charge < -0.3 is 10.2 Å². The van der Waals surface area contributed by atoms with E-state index in [9.17, 15) is 0 Å². The molecule has 1 aromatic carbocycles. The Hall–Kier alpha value is -0.860. The molecule has 0 saturated heterocycles. The molecule has 1 atom stereocenters. The molecule has 0 spiro atoms. The molecule has 2 nitrogen and oxygen atoms in total. The molecular weight excluding hydrogens is 244 g/mol. The van der Waals surface area contributed by atoms with Gasteiger partial charge in [-0.3, -0.25) is 0 Å². The van der Waals surface area contributed by atoms with Crippen molar-refractivity contribution in [3.63, 3.8) is 0 Å². The smallest absolute Gasteiger partial charge is 0.0320 e. The van der Waals surface area contributed by atoms with Crippen molar-refractivity contribution in [2.24, 2.45) is 0 Å². The maximum absolute atomic E-state index is 3.75. The van der Waals surface area contributed by atoms with E-state index in [-0.39, 0.29) is 0 Å². The fourth-order valence-electron chi connectivity index (χ4n) is 2.50. The number of rotatable bonds is 11. The normalized spacial score (nSPS) is 12.8. The first-order valence-corrected chi connectivity index (χ1v) is 8.17.